The van der Waals surface area contributed by atoms with Crippen LogP contribution in [0.15, 0.2) is 48.5 Å². The summed E-state index contributed by atoms with van der Waals surface area (Å²) >= 11 is 5.55. The van der Waals surface area contributed by atoms with Gasteiger partial charge in [-0.25, -0.2) is 0 Å². The fourth-order valence-corrected chi connectivity index (χ4v) is 3.57. The lowest BCUT2D eigenvalue weighted by Gasteiger charge is -2.34. The van der Waals surface area contributed by atoms with E-state index in [-0.39, 0.29) is 0 Å². The number of ether oxygens (including phenoxy) is 1. The molecular weight excluding hydrogens is 330 g/mol. The Bertz CT molecular complexity index is 792. The standard InChI is InChI=1S/C20H21N3OS/c1-24-19-8-3-2-7-18(19)16-9-11-23(12-10-16)20(25)22-17-6-4-5-15(13-17)14-21/h2-8,13,16H,9-12H2,1H3,(H,22,25). The smallest absolute Gasteiger partial charge is 0.173 e. The molecular formula is C20H21N3OS. The first-order chi connectivity index (χ1) is 12.2. The Morgan fingerprint density at radius 1 is 1.20 bits per heavy atom. The van der Waals surface area contributed by atoms with E-state index in [0.29, 0.717) is 16.6 Å². The second-order valence-corrected chi connectivity index (χ2v) is 6.51. The highest BCUT2D eigenvalue weighted by molar-refractivity contribution is 7.80. The third-order valence-corrected chi connectivity index (χ3v) is 4.96. The maximum absolute atomic E-state index is 8.99. The SMILES string of the molecule is COc1ccccc1C1CCN(C(=S)Nc2cccc(C#N)c2)CC1. The fraction of sp³-hybridized carbons (Fsp3) is 0.300. The number of anilines is 1. The summed E-state index contributed by atoms with van der Waals surface area (Å²) in [6, 6.07) is 17.8. The predicted octanol–water partition coefficient (Wildman–Crippen LogP) is 4.14. The molecule has 0 bridgehead atoms. The molecule has 3 rings (SSSR count). The maximum atomic E-state index is 8.99. The number of rotatable bonds is 3. The number of methoxy groups -OCH3 is 1. The minimum absolute atomic E-state index is 0.497. The molecule has 0 aliphatic carbocycles. The van der Waals surface area contributed by atoms with Gasteiger partial charge < -0.3 is 15.0 Å². The molecule has 2 aromatic carbocycles. The van der Waals surface area contributed by atoms with E-state index in [0.717, 1.165) is 37.4 Å². The maximum Gasteiger partial charge on any atom is 0.173 e. The summed E-state index contributed by atoms with van der Waals surface area (Å²) in [6.45, 7) is 1.82. The summed E-state index contributed by atoms with van der Waals surface area (Å²) in [7, 11) is 1.72. The number of likely N-dealkylation sites (tertiary alicyclic amines) is 1. The lowest BCUT2D eigenvalue weighted by atomic mass is 9.89. The van der Waals surface area contributed by atoms with Crippen molar-refractivity contribution in [1.29, 1.82) is 5.26 Å². The zero-order valence-electron chi connectivity index (χ0n) is 14.2. The number of nitriles is 1. The first-order valence-corrected chi connectivity index (χ1v) is 8.81. The van der Waals surface area contributed by atoms with E-state index < -0.39 is 0 Å². The molecule has 0 amide bonds. The molecule has 1 saturated heterocycles. The summed E-state index contributed by atoms with van der Waals surface area (Å²) in [5, 5.41) is 13.0. The second-order valence-electron chi connectivity index (χ2n) is 6.13. The van der Waals surface area contributed by atoms with E-state index in [9.17, 15) is 0 Å². The number of benzene rings is 2. The molecule has 1 aliphatic rings. The van der Waals surface area contributed by atoms with Gasteiger partial charge in [0.2, 0.25) is 0 Å². The first kappa shape index (κ1) is 17.2. The van der Waals surface area contributed by atoms with Gasteiger partial charge in [0.05, 0.1) is 18.7 Å². The Balaban J connectivity index is 1.60. The van der Waals surface area contributed by atoms with Crippen LogP contribution in [0.4, 0.5) is 5.69 Å². The summed E-state index contributed by atoms with van der Waals surface area (Å²) in [5.41, 5.74) is 2.77. The molecule has 0 unspecified atom stereocenters. The molecule has 1 heterocycles. The first-order valence-electron chi connectivity index (χ1n) is 8.40. The van der Waals surface area contributed by atoms with Crippen LogP contribution in [0, 0.1) is 11.3 Å². The van der Waals surface area contributed by atoms with Crippen molar-refractivity contribution in [1.82, 2.24) is 4.90 Å². The van der Waals surface area contributed by atoms with Crippen molar-refractivity contribution in [3.63, 3.8) is 0 Å². The van der Waals surface area contributed by atoms with Crippen LogP contribution in [0.3, 0.4) is 0 Å². The molecule has 0 saturated carbocycles. The lowest BCUT2D eigenvalue weighted by Crippen LogP contribution is -2.40. The van der Waals surface area contributed by atoms with Gasteiger partial charge in [0.1, 0.15) is 5.75 Å². The molecule has 0 spiro atoms. The average molecular weight is 351 g/mol. The number of hydrogen-bond acceptors (Lipinski definition) is 3. The number of nitrogens with one attached hydrogen (secondary N) is 1. The molecule has 0 radical (unpaired) electrons. The minimum Gasteiger partial charge on any atom is -0.496 e. The average Bonchev–Trinajstić information content (AvgIpc) is 2.68. The van der Waals surface area contributed by atoms with Crippen LogP contribution in [0.1, 0.15) is 29.9 Å². The molecule has 4 nitrogen and oxygen atoms in total. The Morgan fingerprint density at radius 2 is 1.96 bits per heavy atom. The van der Waals surface area contributed by atoms with E-state index in [1.165, 1.54) is 5.56 Å². The minimum atomic E-state index is 0.497. The van der Waals surface area contributed by atoms with E-state index >= 15 is 0 Å². The zero-order chi connectivity index (χ0) is 17.6. The Hall–Kier alpha value is -2.58. The van der Waals surface area contributed by atoms with Gasteiger partial charge in [0, 0.05) is 18.8 Å². The van der Waals surface area contributed by atoms with Crippen molar-refractivity contribution in [2.45, 2.75) is 18.8 Å². The van der Waals surface area contributed by atoms with E-state index in [2.05, 4.69) is 28.4 Å². The van der Waals surface area contributed by atoms with Crippen molar-refractivity contribution in [3.05, 3.63) is 59.7 Å². The van der Waals surface area contributed by atoms with Gasteiger partial charge in [-0.15, -0.1) is 0 Å². The summed E-state index contributed by atoms with van der Waals surface area (Å²) in [5.74, 6) is 1.46. The van der Waals surface area contributed by atoms with Gasteiger partial charge in [-0.05, 0) is 60.8 Å². The van der Waals surface area contributed by atoms with Gasteiger partial charge in [-0.2, -0.15) is 5.26 Å². The van der Waals surface area contributed by atoms with Gasteiger partial charge in [0.15, 0.2) is 5.11 Å². The zero-order valence-corrected chi connectivity index (χ0v) is 15.1. The van der Waals surface area contributed by atoms with E-state index in [4.69, 9.17) is 22.2 Å². The van der Waals surface area contributed by atoms with Crippen LogP contribution < -0.4 is 10.1 Å². The van der Waals surface area contributed by atoms with Crippen LogP contribution in [-0.2, 0) is 0 Å². The Kier molecular flexibility index (Phi) is 5.52. The van der Waals surface area contributed by atoms with Crippen LogP contribution in [0.2, 0.25) is 0 Å². The van der Waals surface area contributed by atoms with Crippen LogP contribution in [0.5, 0.6) is 5.75 Å². The summed E-state index contributed by atoms with van der Waals surface area (Å²) < 4.78 is 5.50. The Morgan fingerprint density at radius 3 is 2.68 bits per heavy atom. The topological polar surface area (TPSA) is 48.3 Å². The molecule has 1 N–H and O–H groups in total. The van der Waals surface area contributed by atoms with E-state index in [1.54, 1.807) is 13.2 Å². The number of hydrogen-bond donors (Lipinski definition) is 1. The third kappa shape index (κ3) is 4.09. The Labute approximate surface area is 154 Å². The molecule has 5 heteroatoms. The van der Waals surface area contributed by atoms with E-state index in [1.807, 2.05) is 30.3 Å². The number of thiocarbonyl (C=S) groups is 1. The lowest BCUT2D eigenvalue weighted by molar-refractivity contribution is 0.310. The number of piperidine rings is 1. The van der Waals surface area contributed by atoms with Gasteiger partial charge in [-0.1, -0.05) is 24.3 Å². The molecule has 128 valence electrons. The highest BCUT2D eigenvalue weighted by Gasteiger charge is 2.24. The van der Waals surface area contributed by atoms with Crippen LogP contribution in [-0.4, -0.2) is 30.2 Å². The summed E-state index contributed by atoms with van der Waals surface area (Å²) in [4.78, 5) is 2.19. The molecule has 0 atom stereocenters. The third-order valence-electron chi connectivity index (χ3n) is 4.60. The molecule has 2 aromatic rings. The van der Waals surface area contributed by atoms with Crippen LogP contribution in [0.25, 0.3) is 0 Å². The molecule has 25 heavy (non-hydrogen) atoms. The monoisotopic (exact) mass is 351 g/mol. The number of para-hydroxylation sites is 1. The molecule has 0 aromatic heterocycles. The second kappa shape index (κ2) is 8.00. The fourth-order valence-electron chi connectivity index (χ4n) is 3.27. The largest absolute Gasteiger partial charge is 0.496 e. The van der Waals surface area contributed by atoms with Crippen molar-refractivity contribution in [2.75, 3.05) is 25.5 Å². The van der Waals surface area contributed by atoms with Gasteiger partial charge in [-0.3, -0.25) is 0 Å². The number of nitrogens with zero attached hydrogens (tertiary/aromatic N) is 2. The van der Waals surface area contributed by atoms with Crippen molar-refractivity contribution in [2.24, 2.45) is 0 Å². The summed E-state index contributed by atoms with van der Waals surface area (Å²) in [6.07, 6.45) is 2.08. The van der Waals surface area contributed by atoms with Gasteiger partial charge in [0.25, 0.3) is 0 Å². The highest BCUT2D eigenvalue weighted by atomic mass is 32.1. The molecule has 1 aliphatic heterocycles. The van der Waals surface area contributed by atoms with Gasteiger partial charge >= 0.3 is 0 Å². The van der Waals surface area contributed by atoms with Crippen molar-refractivity contribution >= 4 is 23.0 Å². The molecule has 1 fully saturated rings. The van der Waals surface area contributed by atoms with Crippen molar-refractivity contribution < 1.29 is 4.74 Å². The van der Waals surface area contributed by atoms with Crippen LogP contribution >= 0.6 is 12.2 Å². The van der Waals surface area contributed by atoms with Crippen molar-refractivity contribution in [3.8, 4) is 11.8 Å². The normalized spacial score (nSPS) is 14.6. The quantitative estimate of drug-likeness (QED) is 0.842. The highest BCUT2D eigenvalue weighted by Crippen LogP contribution is 2.34. The predicted molar refractivity (Wildman–Crippen MR) is 104 cm³/mol.